The molecule has 18 heavy (non-hydrogen) atoms. The molecule has 0 aliphatic rings. The zero-order chi connectivity index (χ0) is 14.3. The minimum absolute atomic E-state index is 0.182. The molecule has 0 bridgehead atoms. The smallest absolute Gasteiger partial charge is 0.326 e. The number of nitrogens with one attached hydrogen (secondary N) is 2. The summed E-state index contributed by atoms with van der Waals surface area (Å²) in [5, 5.41) is 13.9. The van der Waals surface area contributed by atoms with Crippen molar-refractivity contribution >= 4 is 17.9 Å². The number of carbonyl (C=O) groups is 3. The highest BCUT2D eigenvalue weighted by Gasteiger charge is 2.32. The van der Waals surface area contributed by atoms with E-state index >= 15 is 0 Å². The first-order valence-corrected chi connectivity index (χ1v) is 5.70. The molecule has 0 radical (unpaired) electrons. The normalized spacial score (nSPS) is 12.6. The van der Waals surface area contributed by atoms with Crippen LogP contribution in [0.25, 0.3) is 0 Å². The number of nitrogens with two attached hydrogens (primary N) is 1. The minimum Gasteiger partial charge on any atom is -0.480 e. The van der Waals surface area contributed by atoms with Crippen LogP contribution in [-0.2, 0) is 9.59 Å². The van der Waals surface area contributed by atoms with Crippen LogP contribution in [0.15, 0.2) is 0 Å². The van der Waals surface area contributed by atoms with Crippen molar-refractivity contribution in [1.82, 2.24) is 10.6 Å². The highest BCUT2D eigenvalue weighted by molar-refractivity contribution is 5.83. The van der Waals surface area contributed by atoms with Crippen molar-refractivity contribution in [2.24, 2.45) is 11.1 Å². The van der Waals surface area contributed by atoms with Gasteiger partial charge >= 0.3 is 12.0 Å². The maximum Gasteiger partial charge on any atom is 0.326 e. The van der Waals surface area contributed by atoms with Gasteiger partial charge < -0.3 is 21.5 Å². The largest absolute Gasteiger partial charge is 0.480 e. The molecule has 0 saturated heterocycles. The molecular weight excluding hydrogens is 238 g/mol. The van der Waals surface area contributed by atoms with Crippen LogP contribution in [0.3, 0.4) is 0 Å². The number of hydrogen-bond donors (Lipinski definition) is 4. The van der Waals surface area contributed by atoms with Crippen LogP contribution >= 0.6 is 0 Å². The lowest BCUT2D eigenvalue weighted by molar-refractivity contribution is -0.141. The second-order valence-corrected chi connectivity index (χ2v) is 5.11. The molecule has 0 aromatic heterocycles. The second-order valence-electron chi connectivity index (χ2n) is 5.11. The first kappa shape index (κ1) is 16.2. The predicted molar refractivity (Wildman–Crippen MR) is 65.8 cm³/mol. The van der Waals surface area contributed by atoms with E-state index in [1.165, 1.54) is 0 Å². The lowest BCUT2D eigenvalue weighted by atomic mass is 9.87. The van der Waals surface area contributed by atoms with E-state index in [0.717, 1.165) is 0 Å². The van der Waals surface area contributed by atoms with E-state index in [1.54, 1.807) is 20.8 Å². The number of amides is 3. The predicted octanol–water partition coefficient (Wildman–Crippen LogP) is 0.0504. The Morgan fingerprint density at radius 3 is 2.22 bits per heavy atom. The fraction of sp³-hybridized carbons (Fsp3) is 0.727. The summed E-state index contributed by atoms with van der Waals surface area (Å²) in [6.07, 6.45) is 0.609. The van der Waals surface area contributed by atoms with Crippen LogP contribution < -0.4 is 16.4 Å². The average molecular weight is 259 g/mol. The van der Waals surface area contributed by atoms with Gasteiger partial charge in [0.2, 0.25) is 5.91 Å². The van der Waals surface area contributed by atoms with Crippen LogP contribution in [-0.4, -0.2) is 35.6 Å². The van der Waals surface area contributed by atoms with Crippen LogP contribution in [0.5, 0.6) is 0 Å². The Hall–Kier alpha value is -1.79. The molecule has 0 unspecified atom stereocenters. The molecule has 5 N–H and O–H groups in total. The Morgan fingerprint density at radius 1 is 1.28 bits per heavy atom. The topological polar surface area (TPSA) is 122 Å². The zero-order valence-corrected chi connectivity index (χ0v) is 10.9. The number of rotatable bonds is 6. The summed E-state index contributed by atoms with van der Waals surface area (Å²) in [5.74, 6) is -1.52. The molecule has 3 amide bonds. The molecule has 0 saturated carbocycles. The van der Waals surface area contributed by atoms with E-state index < -0.39 is 29.4 Å². The lowest BCUT2D eigenvalue weighted by Gasteiger charge is -2.27. The van der Waals surface area contributed by atoms with Gasteiger partial charge in [-0.25, -0.2) is 9.59 Å². The van der Waals surface area contributed by atoms with Gasteiger partial charge in [0.05, 0.1) is 0 Å². The second kappa shape index (κ2) is 6.83. The number of carboxylic acids is 1. The number of primary amides is 1. The van der Waals surface area contributed by atoms with Crippen molar-refractivity contribution in [3.05, 3.63) is 0 Å². The third kappa shape index (κ3) is 6.72. The van der Waals surface area contributed by atoms with Gasteiger partial charge in [0.15, 0.2) is 0 Å². The fourth-order valence-corrected chi connectivity index (χ4v) is 1.30. The Balaban J connectivity index is 4.12. The molecule has 0 heterocycles. The standard InChI is InChI=1S/C11H21N3O4/c1-11(2,3)8(9(16)17)14-10(18)13-6-4-5-7(12)15/h8H,4-6H2,1-3H3,(H2,12,15)(H,16,17)(H2,13,14,18)/t8-/m0/s1. The minimum atomic E-state index is -1.09. The lowest BCUT2D eigenvalue weighted by Crippen LogP contribution is -2.52. The van der Waals surface area contributed by atoms with Crippen molar-refractivity contribution in [2.45, 2.75) is 39.7 Å². The molecule has 0 aromatic carbocycles. The van der Waals surface area contributed by atoms with E-state index in [9.17, 15) is 14.4 Å². The van der Waals surface area contributed by atoms with Crippen molar-refractivity contribution < 1.29 is 19.5 Å². The summed E-state index contributed by atoms with van der Waals surface area (Å²) in [7, 11) is 0. The number of urea groups is 1. The number of aliphatic carboxylic acids is 1. The molecule has 0 aromatic rings. The van der Waals surface area contributed by atoms with E-state index in [1.807, 2.05) is 0 Å². The average Bonchev–Trinajstić information content (AvgIpc) is 2.18. The molecule has 104 valence electrons. The van der Waals surface area contributed by atoms with Gasteiger partial charge in [0.1, 0.15) is 6.04 Å². The summed E-state index contributed by atoms with van der Waals surface area (Å²) in [5.41, 5.74) is 4.35. The summed E-state index contributed by atoms with van der Waals surface area (Å²) < 4.78 is 0. The van der Waals surface area contributed by atoms with Crippen LogP contribution in [0.1, 0.15) is 33.6 Å². The van der Waals surface area contributed by atoms with E-state index in [-0.39, 0.29) is 13.0 Å². The molecular formula is C11H21N3O4. The fourth-order valence-electron chi connectivity index (χ4n) is 1.30. The van der Waals surface area contributed by atoms with Gasteiger partial charge in [0.25, 0.3) is 0 Å². The van der Waals surface area contributed by atoms with Gasteiger partial charge in [-0.2, -0.15) is 0 Å². The van der Waals surface area contributed by atoms with Gasteiger partial charge in [-0.1, -0.05) is 20.8 Å². The number of hydrogen-bond acceptors (Lipinski definition) is 3. The van der Waals surface area contributed by atoms with E-state index in [0.29, 0.717) is 6.42 Å². The maximum absolute atomic E-state index is 11.4. The molecule has 0 rings (SSSR count). The Bertz CT molecular complexity index is 323. The molecule has 1 atom stereocenters. The van der Waals surface area contributed by atoms with Gasteiger partial charge in [-0.05, 0) is 11.8 Å². The number of carboxylic acid groups (broad SMARTS) is 1. The van der Waals surface area contributed by atoms with Gasteiger partial charge in [0, 0.05) is 13.0 Å². The monoisotopic (exact) mass is 259 g/mol. The van der Waals surface area contributed by atoms with Crippen LogP contribution in [0, 0.1) is 5.41 Å². The first-order valence-electron chi connectivity index (χ1n) is 5.70. The molecule has 0 spiro atoms. The van der Waals surface area contributed by atoms with E-state index in [4.69, 9.17) is 10.8 Å². The highest BCUT2D eigenvalue weighted by Crippen LogP contribution is 2.19. The summed E-state index contributed by atoms with van der Waals surface area (Å²) in [6, 6.07) is -1.55. The third-order valence-electron chi connectivity index (χ3n) is 2.27. The SMILES string of the molecule is CC(C)(C)[C@@H](NC(=O)NCCCC(N)=O)C(=O)O. The zero-order valence-electron chi connectivity index (χ0n) is 10.9. The van der Waals surface area contributed by atoms with Crippen LogP contribution in [0.2, 0.25) is 0 Å². The highest BCUT2D eigenvalue weighted by atomic mass is 16.4. The Labute approximate surface area is 106 Å². The quantitative estimate of drug-likeness (QED) is 0.503. The Morgan fingerprint density at radius 2 is 1.83 bits per heavy atom. The van der Waals surface area contributed by atoms with E-state index in [2.05, 4.69) is 10.6 Å². The first-order chi connectivity index (χ1) is 8.14. The van der Waals surface area contributed by atoms with Crippen molar-refractivity contribution in [3.8, 4) is 0 Å². The van der Waals surface area contributed by atoms with Gasteiger partial charge in [-0.15, -0.1) is 0 Å². The van der Waals surface area contributed by atoms with Crippen molar-refractivity contribution in [1.29, 1.82) is 0 Å². The molecule has 7 nitrogen and oxygen atoms in total. The molecule has 0 aliphatic heterocycles. The Kier molecular flexibility index (Phi) is 6.15. The summed E-state index contributed by atoms with van der Waals surface area (Å²) >= 11 is 0. The third-order valence-corrected chi connectivity index (χ3v) is 2.27. The molecule has 7 heteroatoms. The molecule has 0 fully saturated rings. The summed E-state index contributed by atoms with van der Waals surface area (Å²) in [4.78, 5) is 32.9. The van der Waals surface area contributed by atoms with Crippen molar-refractivity contribution in [3.63, 3.8) is 0 Å². The van der Waals surface area contributed by atoms with Gasteiger partial charge in [-0.3, -0.25) is 4.79 Å². The summed E-state index contributed by atoms with van der Waals surface area (Å²) in [6.45, 7) is 5.43. The maximum atomic E-state index is 11.4. The van der Waals surface area contributed by atoms with Crippen LogP contribution in [0.4, 0.5) is 4.79 Å². The van der Waals surface area contributed by atoms with Crippen molar-refractivity contribution in [2.75, 3.05) is 6.54 Å². The number of carbonyl (C=O) groups excluding carboxylic acids is 2. The molecule has 0 aliphatic carbocycles.